The number of benzene rings is 4. The minimum absolute atomic E-state index is 0.144. The smallest absolute Gasteiger partial charge is 0.259 e. The number of amides is 1. The van der Waals surface area contributed by atoms with Gasteiger partial charge in [-0.05, 0) is 42.6 Å². The summed E-state index contributed by atoms with van der Waals surface area (Å²) in [6.07, 6.45) is 0. The normalized spacial score (nSPS) is 11.1. The quantitative estimate of drug-likeness (QED) is 0.395. The molecule has 0 radical (unpaired) electrons. The highest BCUT2D eigenvalue weighted by Gasteiger charge is 2.18. The predicted molar refractivity (Wildman–Crippen MR) is 115 cm³/mol. The Bertz CT molecular complexity index is 1200. The first-order valence-electron chi connectivity index (χ1n) is 9.21. The van der Waals surface area contributed by atoms with Gasteiger partial charge in [-0.3, -0.25) is 4.79 Å². The Labute approximate surface area is 168 Å². The van der Waals surface area contributed by atoms with Gasteiger partial charge < -0.3 is 10.4 Å². The van der Waals surface area contributed by atoms with Crippen molar-refractivity contribution in [3.8, 4) is 5.75 Å². The Hall–Kier alpha value is -3.99. The summed E-state index contributed by atoms with van der Waals surface area (Å²) in [5.41, 5.74) is 2.84. The minimum atomic E-state index is -0.411. The first-order valence-corrected chi connectivity index (χ1v) is 9.21. The Morgan fingerprint density at radius 2 is 1.55 bits per heavy atom. The van der Waals surface area contributed by atoms with E-state index < -0.39 is 5.91 Å². The van der Waals surface area contributed by atoms with Gasteiger partial charge in [0.05, 0.1) is 11.3 Å². The van der Waals surface area contributed by atoms with Crippen LogP contribution in [0.5, 0.6) is 5.75 Å². The zero-order valence-electron chi connectivity index (χ0n) is 15.8. The molecule has 2 N–H and O–H groups in total. The molecule has 0 aromatic heterocycles. The lowest BCUT2D eigenvalue weighted by Crippen LogP contribution is -2.12. The number of fused-ring (bicyclic) bond motifs is 1. The van der Waals surface area contributed by atoms with Gasteiger partial charge in [-0.1, -0.05) is 60.2 Å². The molecule has 0 atom stereocenters. The highest BCUT2D eigenvalue weighted by atomic mass is 16.3. The largest absolute Gasteiger partial charge is 0.505 e. The van der Waals surface area contributed by atoms with Gasteiger partial charge in [0.15, 0.2) is 5.75 Å². The van der Waals surface area contributed by atoms with Gasteiger partial charge in [0.2, 0.25) is 0 Å². The van der Waals surface area contributed by atoms with Gasteiger partial charge in [0, 0.05) is 11.1 Å². The summed E-state index contributed by atoms with van der Waals surface area (Å²) >= 11 is 0. The summed E-state index contributed by atoms with van der Waals surface area (Å²) in [4.78, 5) is 12.8. The molecule has 142 valence electrons. The Balaban J connectivity index is 1.77. The summed E-state index contributed by atoms with van der Waals surface area (Å²) in [7, 11) is 0. The van der Waals surface area contributed by atoms with Crippen LogP contribution in [0.25, 0.3) is 10.8 Å². The average Bonchev–Trinajstić information content (AvgIpc) is 2.74. The molecule has 0 spiro atoms. The van der Waals surface area contributed by atoms with Crippen LogP contribution in [0, 0.1) is 6.92 Å². The average molecular weight is 381 g/mol. The Morgan fingerprint density at radius 3 is 2.31 bits per heavy atom. The van der Waals surface area contributed by atoms with Gasteiger partial charge >= 0.3 is 0 Å². The highest BCUT2D eigenvalue weighted by Crippen LogP contribution is 2.39. The number of phenols is 1. The maximum atomic E-state index is 12.8. The van der Waals surface area contributed by atoms with Crippen molar-refractivity contribution in [1.82, 2.24) is 0 Å². The molecule has 5 heteroatoms. The number of azo groups is 1. The second-order valence-corrected chi connectivity index (χ2v) is 6.70. The number of carbonyl (C=O) groups is 1. The number of rotatable bonds is 4. The van der Waals surface area contributed by atoms with Crippen LogP contribution in [0.15, 0.2) is 95.2 Å². The molecule has 0 aliphatic carbocycles. The molecule has 29 heavy (non-hydrogen) atoms. The second kappa shape index (κ2) is 7.94. The predicted octanol–water partition coefficient (Wildman–Crippen LogP) is 6.52. The number of aromatic hydroxyl groups is 1. The molecule has 1 amide bonds. The van der Waals surface area contributed by atoms with Crippen molar-refractivity contribution in [2.75, 3.05) is 5.32 Å². The summed E-state index contributed by atoms with van der Waals surface area (Å²) in [6.45, 7) is 2.00. The molecule has 0 fully saturated rings. The molecule has 4 rings (SSSR count). The van der Waals surface area contributed by atoms with E-state index in [1.165, 1.54) is 0 Å². The molecule has 0 unspecified atom stereocenters. The van der Waals surface area contributed by atoms with Crippen LogP contribution in [-0.4, -0.2) is 11.0 Å². The molecule has 5 nitrogen and oxygen atoms in total. The summed E-state index contributed by atoms with van der Waals surface area (Å²) in [6, 6.07) is 25.8. The van der Waals surface area contributed by atoms with Gasteiger partial charge in [0.25, 0.3) is 5.91 Å². The molecule has 0 aliphatic rings. The number of hydrogen-bond donors (Lipinski definition) is 2. The van der Waals surface area contributed by atoms with Crippen molar-refractivity contribution in [1.29, 1.82) is 0 Å². The van der Waals surface area contributed by atoms with Gasteiger partial charge in [-0.15, -0.1) is 5.11 Å². The topological polar surface area (TPSA) is 74.0 Å². The van der Waals surface area contributed by atoms with E-state index in [1.807, 2.05) is 73.7 Å². The second-order valence-electron chi connectivity index (χ2n) is 6.70. The summed E-state index contributed by atoms with van der Waals surface area (Å²) < 4.78 is 0. The first kappa shape index (κ1) is 18.4. The van der Waals surface area contributed by atoms with E-state index in [4.69, 9.17) is 0 Å². The lowest BCUT2D eigenvalue weighted by molar-refractivity contribution is 0.102. The van der Waals surface area contributed by atoms with Crippen molar-refractivity contribution in [2.24, 2.45) is 10.2 Å². The maximum Gasteiger partial charge on any atom is 0.259 e. The number of nitrogens with zero attached hydrogens (tertiary/aromatic N) is 2. The number of para-hydroxylation sites is 1. The minimum Gasteiger partial charge on any atom is -0.505 e. The lowest BCUT2D eigenvalue weighted by atomic mass is 10.0. The third-order valence-corrected chi connectivity index (χ3v) is 4.57. The first-order chi connectivity index (χ1) is 14.1. The fraction of sp³-hybridized carbons (Fsp3) is 0.0417. The van der Waals surface area contributed by atoms with E-state index in [2.05, 4.69) is 15.5 Å². The molecule has 4 aromatic carbocycles. The number of nitrogens with one attached hydrogen (secondary N) is 1. The molecular formula is C24H19N3O2. The highest BCUT2D eigenvalue weighted by molar-refractivity contribution is 6.11. The third kappa shape index (κ3) is 3.99. The monoisotopic (exact) mass is 381 g/mol. The molecule has 0 heterocycles. The van der Waals surface area contributed by atoms with E-state index in [1.54, 1.807) is 18.2 Å². The van der Waals surface area contributed by atoms with Crippen molar-refractivity contribution in [2.45, 2.75) is 6.92 Å². The van der Waals surface area contributed by atoms with Crippen LogP contribution in [0.1, 0.15) is 15.9 Å². The van der Waals surface area contributed by atoms with Crippen molar-refractivity contribution < 1.29 is 9.90 Å². The van der Waals surface area contributed by atoms with Gasteiger partial charge in [-0.2, -0.15) is 5.11 Å². The number of anilines is 1. The van der Waals surface area contributed by atoms with E-state index in [9.17, 15) is 9.90 Å². The van der Waals surface area contributed by atoms with E-state index in [0.29, 0.717) is 11.4 Å². The fourth-order valence-corrected chi connectivity index (χ4v) is 3.03. The molecule has 4 aromatic rings. The van der Waals surface area contributed by atoms with Crippen molar-refractivity contribution in [3.05, 3.63) is 96.1 Å². The summed E-state index contributed by atoms with van der Waals surface area (Å²) in [5.74, 6) is -0.612. The molecule has 0 saturated heterocycles. The standard InChI is InChI=1S/C24H19N3O2/c1-16-11-13-19(14-12-16)26-27-22-20-10-6-5-7-17(20)15-21(23(22)28)24(29)25-18-8-3-2-4-9-18/h2-15,28H,1H3,(H,25,29). The van der Waals surface area contributed by atoms with Crippen LogP contribution < -0.4 is 5.32 Å². The van der Waals surface area contributed by atoms with E-state index in [-0.39, 0.29) is 17.0 Å². The van der Waals surface area contributed by atoms with Crippen molar-refractivity contribution in [3.63, 3.8) is 0 Å². The third-order valence-electron chi connectivity index (χ3n) is 4.57. The fourth-order valence-electron chi connectivity index (χ4n) is 3.03. The van der Waals surface area contributed by atoms with E-state index in [0.717, 1.165) is 16.3 Å². The molecule has 0 saturated carbocycles. The maximum absolute atomic E-state index is 12.8. The van der Waals surface area contributed by atoms with Crippen LogP contribution in [0.4, 0.5) is 17.1 Å². The van der Waals surface area contributed by atoms with E-state index >= 15 is 0 Å². The molecule has 0 aliphatic heterocycles. The van der Waals surface area contributed by atoms with Gasteiger partial charge in [-0.25, -0.2) is 0 Å². The van der Waals surface area contributed by atoms with Gasteiger partial charge in [0.1, 0.15) is 5.69 Å². The van der Waals surface area contributed by atoms with Crippen LogP contribution in [0.2, 0.25) is 0 Å². The number of hydrogen-bond acceptors (Lipinski definition) is 4. The van der Waals surface area contributed by atoms with Crippen molar-refractivity contribution >= 4 is 33.7 Å². The zero-order chi connectivity index (χ0) is 20.2. The SMILES string of the molecule is Cc1ccc(N=Nc2c(O)c(C(=O)Nc3ccccc3)cc3ccccc23)cc1. The number of aryl methyl sites for hydroxylation is 1. The number of phenolic OH excluding ortho intramolecular Hbond substituents is 1. The summed E-state index contributed by atoms with van der Waals surface area (Å²) in [5, 5.41) is 23.7. The Morgan fingerprint density at radius 1 is 0.862 bits per heavy atom. The lowest BCUT2D eigenvalue weighted by Gasteiger charge is -2.11. The number of carbonyl (C=O) groups excluding carboxylic acids is 1. The zero-order valence-corrected chi connectivity index (χ0v) is 15.8. The van der Waals surface area contributed by atoms with Crippen LogP contribution in [-0.2, 0) is 0 Å². The van der Waals surface area contributed by atoms with Crippen LogP contribution in [0.3, 0.4) is 0 Å². The molecule has 0 bridgehead atoms. The van der Waals surface area contributed by atoms with Crippen LogP contribution >= 0.6 is 0 Å². The molecular weight excluding hydrogens is 362 g/mol. The Kier molecular flexibility index (Phi) is 5.03.